The number of allylic oxidation sites excluding steroid dienone is 1. The first kappa shape index (κ1) is 16.8. The molecule has 8 atom stereocenters. The third-order valence-electron chi connectivity index (χ3n) is 8.55. The molecule has 0 aromatic rings. The Bertz CT molecular complexity index is 580. The van der Waals surface area contributed by atoms with Crippen LogP contribution in [0.2, 0.25) is 0 Å². The van der Waals surface area contributed by atoms with Gasteiger partial charge in [-0.15, -0.1) is 0 Å². The topological polar surface area (TPSA) is 57.5 Å². The molecule has 3 nitrogen and oxygen atoms in total. The van der Waals surface area contributed by atoms with Crippen LogP contribution in [0.3, 0.4) is 0 Å². The lowest BCUT2D eigenvalue weighted by molar-refractivity contribution is -0.140. The van der Waals surface area contributed by atoms with Gasteiger partial charge in [0.2, 0.25) is 0 Å². The van der Waals surface area contributed by atoms with Gasteiger partial charge in [-0.05, 0) is 86.0 Å². The molecule has 0 aromatic carbocycles. The molecule has 3 heteroatoms. The average Bonchev–Trinajstić information content (AvgIpc) is 2.84. The lowest BCUT2D eigenvalue weighted by Crippen LogP contribution is -2.57. The van der Waals surface area contributed by atoms with Crippen LogP contribution in [0.1, 0.15) is 65.7 Å². The molecule has 24 heavy (non-hydrogen) atoms. The summed E-state index contributed by atoms with van der Waals surface area (Å²) in [6.07, 6.45) is 8.04. The Morgan fingerprint density at radius 3 is 2.67 bits per heavy atom. The Balaban J connectivity index is 1.71. The predicted octanol–water partition coefficient (Wildman–Crippen LogP) is 3.49. The van der Waals surface area contributed by atoms with Gasteiger partial charge < -0.3 is 10.2 Å². The van der Waals surface area contributed by atoms with E-state index in [2.05, 4.69) is 13.8 Å². The maximum Gasteiger partial charge on any atom is 0.155 e. The molecule has 0 heterocycles. The molecule has 3 fully saturated rings. The number of hydrogen-bond donors (Lipinski definition) is 2. The van der Waals surface area contributed by atoms with Crippen molar-refractivity contribution in [2.75, 3.05) is 0 Å². The SMILES string of the molecule is C[C@H](O)[C@H]1CC[C@H]2[C@H]3CCC4=CC(=O)CC[C@]4(C)[C@@H]3[C@@H](O)C[C@]12C. The van der Waals surface area contributed by atoms with Crippen LogP contribution in [0.5, 0.6) is 0 Å². The van der Waals surface area contributed by atoms with E-state index in [1.165, 1.54) is 12.0 Å². The number of rotatable bonds is 1. The van der Waals surface area contributed by atoms with Crippen LogP contribution in [0.15, 0.2) is 11.6 Å². The van der Waals surface area contributed by atoms with Crippen molar-refractivity contribution in [3.8, 4) is 0 Å². The largest absolute Gasteiger partial charge is 0.393 e. The van der Waals surface area contributed by atoms with Crippen LogP contribution in [-0.4, -0.2) is 28.2 Å². The van der Waals surface area contributed by atoms with Crippen molar-refractivity contribution in [1.29, 1.82) is 0 Å². The van der Waals surface area contributed by atoms with E-state index in [1.807, 2.05) is 13.0 Å². The summed E-state index contributed by atoms with van der Waals surface area (Å²) in [5.74, 6) is 2.03. The summed E-state index contributed by atoms with van der Waals surface area (Å²) in [7, 11) is 0. The summed E-state index contributed by atoms with van der Waals surface area (Å²) in [6, 6.07) is 0. The lowest BCUT2D eigenvalue weighted by atomic mass is 9.46. The normalized spacial score (nSPS) is 52.1. The molecular formula is C21H32O3. The molecule has 4 aliphatic rings. The van der Waals surface area contributed by atoms with Gasteiger partial charge in [-0.1, -0.05) is 19.4 Å². The molecule has 0 spiro atoms. The minimum atomic E-state index is -0.308. The highest BCUT2D eigenvalue weighted by molar-refractivity contribution is 5.91. The summed E-state index contributed by atoms with van der Waals surface area (Å²) in [6.45, 7) is 6.54. The Morgan fingerprint density at radius 2 is 1.96 bits per heavy atom. The second-order valence-electron chi connectivity index (χ2n) is 9.59. The van der Waals surface area contributed by atoms with Gasteiger partial charge in [0.1, 0.15) is 0 Å². The van der Waals surface area contributed by atoms with Crippen molar-refractivity contribution in [1.82, 2.24) is 0 Å². The van der Waals surface area contributed by atoms with E-state index in [-0.39, 0.29) is 34.7 Å². The van der Waals surface area contributed by atoms with Crippen molar-refractivity contribution in [2.24, 2.45) is 34.5 Å². The van der Waals surface area contributed by atoms with Crippen molar-refractivity contribution in [3.63, 3.8) is 0 Å². The second-order valence-corrected chi connectivity index (χ2v) is 9.59. The van der Waals surface area contributed by atoms with E-state index >= 15 is 0 Å². The minimum absolute atomic E-state index is 0.000487. The Hall–Kier alpha value is -0.670. The van der Waals surface area contributed by atoms with Crippen LogP contribution in [-0.2, 0) is 4.79 Å². The molecule has 0 unspecified atom stereocenters. The van der Waals surface area contributed by atoms with Crippen molar-refractivity contribution < 1.29 is 15.0 Å². The zero-order valence-electron chi connectivity index (χ0n) is 15.3. The van der Waals surface area contributed by atoms with E-state index in [1.54, 1.807) is 0 Å². The monoisotopic (exact) mass is 332 g/mol. The molecule has 3 saturated carbocycles. The quantitative estimate of drug-likeness (QED) is 0.773. The van der Waals surface area contributed by atoms with Gasteiger partial charge in [0.15, 0.2) is 5.78 Å². The molecule has 4 rings (SSSR count). The van der Waals surface area contributed by atoms with E-state index in [0.717, 1.165) is 32.1 Å². The number of fused-ring (bicyclic) bond motifs is 5. The summed E-state index contributed by atoms with van der Waals surface area (Å²) in [5, 5.41) is 21.5. The first-order valence-electron chi connectivity index (χ1n) is 9.87. The molecule has 2 N–H and O–H groups in total. The Morgan fingerprint density at radius 1 is 1.21 bits per heavy atom. The van der Waals surface area contributed by atoms with E-state index in [0.29, 0.717) is 24.2 Å². The van der Waals surface area contributed by atoms with E-state index in [9.17, 15) is 15.0 Å². The van der Waals surface area contributed by atoms with E-state index in [4.69, 9.17) is 0 Å². The highest BCUT2D eigenvalue weighted by Crippen LogP contribution is 2.66. The number of hydrogen-bond acceptors (Lipinski definition) is 3. The van der Waals surface area contributed by atoms with Crippen molar-refractivity contribution in [2.45, 2.75) is 77.9 Å². The van der Waals surface area contributed by atoms with Gasteiger partial charge in [-0.25, -0.2) is 0 Å². The Kier molecular flexibility index (Phi) is 3.78. The fourth-order valence-corrected chi connectivity index (χ4v) is 7.52. The number of ketones is 1. The number of aliphatic hydroxyl groups excluding tert-OH is 2. The number of carbonyl (C=O) groups excluding carboxylic acids is 1. The highest BCUT2D eigenvalue weighted by Gasteiger charge is 2.62. The zero-order chi connectivity index (χ0) is 17.3. The van der Waals surface area contributed by atoms with Crippen LogP contribution in [0.4, 0.5) is 0 Å². The van der Waals surface area contributed by atoms with Crippen LogP contribution in [0, 0.1) is 34.5 Å². The molecule has 0 aromatic heterocycles. The molecule has 0 bridgehead atoms. The van der Waals surface area contributed by atoms with Crippen molar-refractivity contribution in [3.05, 3.63) is 11.6 Å². The lowest BCUT2D eigenvalue weighted by Gasteiger charge is -2.60. The molecule has 134 valence electrons. The van der Waals surface area contributed by atoms with Gasteiger partial charge >= 0.3 is 0 Å². The number of carbonyl (C=O) groups is 1. The second kappa shape index (κ2) is 5.41. The molecule has 4 aliphatic carbocycles. The predicted molar refractivity (Wildman–Crippen MR) is 93.3 cm³/mol. The molecule has 0 amide bonds. The smallest absolute Gasteiger partial charge is 0.155 e. The molecule has 0 saturated heterocycles. The highest BCUT2D eigenvalue weighted by atomic mass is 16.3. The maximum atomic E-state index is 11.9. The summed E-state index contributed by atoms with van der Waals surface area (Å²) in [4.78, 5) is 11.9. The summed E-state index contributed by atoms with van der Waals surface area (Å²) < 4.78 is 0. The van der Waals surface area contributed by atoms with Crippen LogP contribution in [0.25, 0.3) is 0 Å². The fraction of sp³-hybridized carbons (Fsp3) is 0.857. The molecule has 0 aliphatic heterocycles. The standard InChI is InChI=1S/C21H32O3/c1-12(22)16-6-7-17-15-5-4-13-10-14(23)8-9-20(13,2)19(15)18(24)11-21(16,17)3/h10,12,15-19,22,24H,4-9,11H2,1-3H3/t12-,15+,16+,17-,18-,19-,20-,21+/m0/s1. The maximum absolute atomic E-state index is 11.9. The average molecular weight is 332 g/mol. The van der Waals surface area contributed by atoms with Gasteiger partial charge in [0.05, 0.1) is 12.2 Å². The first-order chi connectivity index (χ1) is 11.3. The van der Waals surface area contributed by atoms with Gasteiger partial charge in [-0.3, -0.25) is 4.79 Å². The van der Waals surface area contributed by atoms with Crippen LogP contribution < -0.4 is 0 Å². The van der Waals surface area contributed by atoms with Crippen LogP contribution >= 0.6 is 0 Å². The van der Waals surface area contributed by atoms with Gasteiger partial charge in [0, 0.05) is 6.42 Å². The summed E-state index contributed by atoms with van der Waals surface area (Å²) >= 11 is 0. The molecule has 0 radical (unpaired) electrons. The third-order valence-corrected chi connectivity index (χ3v) is 8.55. The molecular weight excluding hydrogens is 300 g/mol. The minimum Gasteiger partial charge on any atom is -0.393 e. The van der Waals surface area contributed by atoms with Crippen molar-refractivity contribution >= 4 is 5.78 Å². The third kappa shape index (κ3) is 2.13. The fourth-order valence-electron chi connectivity index (χ4n) is 7.52. The van der Waals surface area contributed by atoms with Gasteiger partial charge in [0.25, 0.3) is 0 Å². The Labute approximate surface area is 145 Å². The zero-order valence-corrected chi connectivity index (χ0v) is 15.3. The first-order valence-corrected chi connectivity index (χ1v) is 9.87. The van der Waals surface area contributed by atoms with Gasteiger partial charge in [-0.2, -0.15) is 0 Å². The van der Waals surface area contributed by atoms with E-state index < -0.39 is 0 Å². The number of aliphatic hydroxyl groups is 2. The summed E-state index contributed by atoms with van der Waals surface area (Å²) in [5.41, 5.74) is 1.37.